The van der Waals surface area contributed by atoms with E-state index in [1.165, 1.54) is 11.6 Å². The monoisotopic (exact) mass is 413 g/mol. The molecule has 0 radical (unpaired) electrons. The first kappa shape index (κ1) is 20.2. The summed E-state index contributed by atoms with van der Waals surface area (Å²) in [5.74, 6) is 1.29. The van der Waals surface area contributed by atoms with Gasteiger partial charge < -0.3 is 19.3 Å². The highest BCUT2D eigenvalue weighted by molar-refractivity contribution is 5.74. The predicted molar refractivity (Wildman–Crippen MR) is 114 cm³/mol. The first-order valence-corrected chi connectivity index (χ1v) is 10.2. The van der Waals surface area contributed by atoms with Crippen molar-refractivity contribution >= 4 is 17.1 Å². The van der Waals surface area contributed by atoms with E-state index in [1.807, 2.05) is 31.2 Å². The van der Waals surface area contributed by atoms with Crippen LogP contribution in [0.2, 0.25) is 0 Å². The van der Waals surface area contributed by atoms with E-state index in [9.17, 15) is 14.7 Å². The second-order valence-corrected chi connectivity index (χ2v) is 7.88. The predicted octanol–water partition coefficient (Wildman–Crippen LogP) is 0.782. The van der Waals surface area contributed by atoms with Gasteiger partial charge in [-0.3, -0.25) is 13.9 Å². The van der Waals surface area contributed by atoms with Crippen LogP contribution in [0, 0.1) is 6.92 Å². The molecule has 2 aromatic heterocycles. The van der Waals surface area contributed by atoms with Gasteiger partial charge in [0.1, 0.15) is 18.5 Å². The maximum Gasteiger partial charge on any atom is 0.332 e. The van der Waals surface area contributed by atoms with Crippen molar-refractivity contribution in [1.82, 2.24) is 18.7 Å². The van der Waals surface area contributed by atoms with Crippen LogP contribution in [0.25, 0.3) is 11.2 Å². The maximum absolute atomic E-state index is 12.9. The number of aromatic nitrogens is 4. The van der Waals surface area contributed by atoms with Crippen LogP contribution in [-0.2, 0) is 20.6 Å². The average Bonchev–Trinajstić information content (AvgIpc) is 3.37. The molecule has 3 aromatic rings. The SMILES string of the molecule is Cc1cccc(OC[C@@H](O)Cn2c(N3CCCC3)nc3c2c(=O)n(C)c(=O)n3C)c1. The number of nitrogens with zero attached hydrogens (tertiary/aromatic N) is 5. The van der Waals surface area contributed by atoms with Crippen LogP contribution in [0.1, 0.15) is 18.4 Å². The summed E-state index contributed by atoms with van der Waals surface area (Å²) in [6.07, 6.45) is 1.23. The zero-order valence-electron chi connectivity index (χ0n) is 17.5. The van der Waals surface area contributed by atoms with Gasteiger partial charge in [0.05, 0.1) is 6.54 Å². The Bertz CT molecular complexity index is 1190. The summed E-state index contributed by atoms with van der Waals surface area (Å²) in [7, 11) is 3.06. The highest BCUT2D eigenvalue weighted by Crippen LogP contribution is 2.24. The Morgan fingerprint density at radius 1 is 1.17 bits per heavy atom. The lowest BCUT2D eigenvalue weighted by Crippen LogP contribution is -2.38. The third-order valence-corrected chi connectivity index (χ3v) is 5.54. The number of aryl methyl sites for hydroxylation is 2. The summed E-state index contributed by atoms with van der Waals surface area (Å²) in [5.41, 5.74) is 0.877. The average molecular weight is 413 g/mol. The molecule has 1 fully saturated rings. The number of aliphatic hydroxyl groups excluding tert-OH is 1. The molecule has 0 bridgehead atoms. The van der Waals surface area contributed by atoms with Crippen molar-refractivity contribution in [3.63, 3.8) is 0 Å². The minimum absolute atomic E-state index is 0.0780. The summed E-state index contributed by atoms with van der Waals surface area (Å²) in [6, 6.07) is 7.62. The molecule has 30 heavy (non-hydrogen) atoms. The van der Waals surface area contributed by atoms with E-state index < -0.39 is 17.4 Å². The number of ether oxygens (including phenoxy) is 1. The molecule has 0 aliphatic carbocycles. The van der Waals surface area contributed by atoms with Gasteiger partial charge in [-0.25, -0.2) is 4.79 Å². The molecule has 0 spiro atoms. The Morgan fingerprint density at radius 3 is 2.60 bits per heavy atom. The van der Waals surface area contributed by atoms with Crippen molar-refractivity contribution in [1.29, 1.82) is 0 Å². The number of rotatable bonds is 6. The van der Waals surface area contributed by atoms with Gasteiger partial charge in [-0.15, -0.1) is 0 Å². The Morgan fingerprint density at radius 2 is 1.90 bits per heavy atom. The third kappa shape index (κ3) is 3.60. The fourth-order valence-corrected chi connectivity index (χ4v) is 3.93. The molecule has 1 N–H and O–H groups in total. The molecule has 0 unspecified atom stereocenters. The first-order valence-electron chi connectivity index (χ1n) is 10.2. The lowest BCUT2D eigenvalue weighted by molar-refractivity contribution is 0.0936. The van der Waals surface area contributed by atoms with E-state index in [0.717, 1.165) is 36.1 Å². The molecule has 160 valence electrons. The zero-order valence-corrected chi connectivity index (χ0v) is 17.5. The molecule has 1 aromatic carbocycles. The number of fused-ring (bicyclic) bond motifs is 1. The van der Waals surface area contributed by atoms with E-state index in [0.29, 0.717) is 22.9 Å². The number of benzene rings is 1. The van der Waals surface area contributed by atoms with Crippen molar-refractivity contribution < 1.29 is 9.84 Å². The standard InChI is InChI=1S/C21H27N5O4/c1-14-7-6-8-16(11-14)30-13-15(27)12-26-17-18(22-20(26)25-9-4-5-10-25)23(2)21(29)24(3)19(17)28/h6-8,11,15,27H,4-5,9-10,12-13H2,1-3H3/t15-/m0/s1. The first-order chi connectivity index (χ1) is 14.4. The number of hydrogen-bond donors (Lipinski definition) is 1. The van der Waals surface area contributed by atoms with Crippen molar-refractivity contribution in [3.05, 3.63) is 50.7 Å². The molecule has 9 heteroatoms. The van der Waals surface area contributed by atoms with Crippen LogP contribution < -0.4 is 20.9 Å². The summed E-state index contributed by atoms with van der Waals surface area (Å²) >= 11 is 0. The fraction of sp³-hybridized carbons (Fsp3) is 0.476. The topological polar surface area (TPSA) is 94.5 Å². The number of anilines is 1. The van der Waals surface area contributed by atoms with Crippen molar-refractivity contribution in [2.45, 2.75) is 32.4 Å². The summed E-state index contributed by atoms with van der Waals surface area (Å²) in [4.78, 5) is 32.0. The molecule has 3 heterocycles. The van der Waals surface area contributed by atoms with E-state index in [1.54, 1.807) is 11.6 Å². The van der Waals surface area contributed by atoms with E-state index in [4.69, 9.17) is 4.74 Å². The molecule has 1 saturated heterocycles. The fourth-order valence-electron chi connectivity index (χ4n) is 3.93. The molecule has 0 saturated carbocycles. The van der Waals surface area contributed by atoms with Gasteiger partial charge in [-0.1, -0.05) is 12.1 Å². The Hall–Kier alpha value is -3.07. The lowest BCUT2D eigenvalue weighted by atomic mass is 10.2. The summed E-state index contributed by atoms with van der Waals surface area (Å²) < 4.78 is 9.92. The van der Waals surface area contributed by atoms with Crippen molar-refractivity contribution in [3.8, 4) is 5.75 Å². The Kier molecular flexibility index (Phi) is 5.38. The van der Waals surface area contributed by atoms with Crippen LogP contribution in [0.3, 0.4) is 0 Å². The number of hydrogen-bond acceptors (Lipinski definition) is 6. The van der Waals surface area contributed by atoms with E-state index in [-0.39, 0.29) is 13.2 Å². The number of imidazole rings is 1. The molecule has 1 atom stereocenters. The molecule has 1 aliphatic heterocycles. The Balaban J connectivity index is 1.70. The second kappa shape index (κ2) is 7.98. The number of aliphatic hydroxyl groups is 1. The zero-order chi connectivity index (χ0) is 21.4. The van der Waals surface area contributed by atoms with Gasteiger partial charge in [0.2, 0.25) is 5.95 Å². The molecule has 9 nitrogen and oxygen atoms in total. The van der Waals surface area contributed by atoms with Gasteiger partial charge in [-0.2, -0.15) is 4.98 Å². The second-order valence-electron chi connectivity index (χ2n) is 7.88. The normalized spacial score (nSPS) is 15.1. The summed E-state index contributed by atoms with van der Waals surface area (Å²) in [5, 5.41) is 10.7. The van der Waals surface area contributed by atoms with Crippen LogP contribution >= 0.6 is 0 Å². The molecule has 4 rings (SSSR count). The minimum atomic E-state index is -0.855. The lowest BCUT2D eigenvalue weighted by Gasteiger charge is -2.20. The largest absolute Gasteiger partial charge is 0.491 e. The Labute approximate surface area is 173 Å². The van der Waals surface area contributed by atoms with E-state index >= 15 is 0 Å². The molecular formula is C21H27N5O4. The van der Waals surface area contributed by atoms with Gasteiger partial charge in [-0.05, 0) is 37.5 Å². The quantitative estimate of drug-likeness (QED) is 0.642. The van der Waals surface area contributed by atoms with Crippen LogP contribution in [0.5, 0.6) is 5.75 Å². The summed E-state index contributed by atoms with van der Waals surface area (Å²) in [6.45, 7) is 3.85. The van der Waals surface area contributed by atoms with Crippen LogP contribution in [0.4, 0.5) is 5.95 Å². The van der Waals surface area contributed by atoms with Crippen LogP contribution in [-0.4, -0.2) is 49.6 Å². The third-order valence-electron chi connectivity index (χ3n) is 5.54. The van der Waals surface area contributed by atoms with Gasteiger partial charge >= 0.3 is 5.69 Å². The highest BCUT2D eigenvalue weighted by atomic mass is 16.5. The molecule has 1 aliphatic rings. The molecular weight excluding hydrogens is 386 g/mol. The van der Waals surface area contributed by atoms with Crippen molar-refractivity contribution in [2.75, 3.05) is 24.6 Å². The van der Waals surface area contributed by atoms with Gasteiger partial charge in [0.15, 0.2) is 11.2 Å². The maximum atomic E-state index is 12.9. The van der Waals surface area contributed by atoms with Crippen molar-refractivity contribution in [2.24, 2.45) is 14.1 Å². The smallest absolute Gasteiger partial charge is 0.332 e. The van der Waals surface area contributed by atoms with E-state index in [2.05, 4.69) is 9.88 Å². The highest BCUT2D eigenvalue weighted by Gasteiger charge is 2.25. The van der Waals surface area contributed by atoms with Gasteiger partial charge in [0, 0.05) is 27.2 Å². The molecule has 0 amide bonds. The van der Waals surface area contributed by atoms with Gasteiger partial charge in [0.25, 0.3) is 5.56 Å². The minimum Gasteiger partial charge on any atom is -0.491 e. The van der Waals surface area contributed by atoms with Crippen LogP contribution in [0.15, 0.2) is 33.9 Å².